The smallest absolute Gasteiger partial charge is 0.269 e. The second kappa shape index (κ2) is 8.26. The van der Waals surface area contributed by atoms with Gasteiger partial charge in [-0.25, -0.2) is 0 Å². The molecule has 2 aromatic carbocycles. The van der Waals surface area contributed by atoms with Gasteiger partial charge in [0.15, 0.2) is 11.5 Å². The Balaban J connectivity index is 1.63. The van der Waals surface area contributed by atoms with E-state index in [1.54, 1.807) is 27.2 Å². The van der Waals surface area contributed by atoms with Gasteiger partial charge in [-0.15, -0.1) is 0 Å². The topological polar surface area (TPSA) is 69.6 Å². The molecule has 0 fully saturated rings. The maximum Gasteiger partial charge on any atom is 0.269 e. The number of fused-ring (bicyclic) bond motifs is 1. The third kappa shape index (κ3) is 3.98. The van der Waals surface area contributed by atoms with Gasteiger partial charge in [0.2, 0.25) is 5.91 Å². The number of nitrogens with zero attached hydrogens (tertiary/aromatic N) is 1. The number of hydrogen-bond donors (Lipinski definition) is 1. The van der Waals surface area contributed by atoms with Crippen molar-refractivity contribution < 1.29 is 14.3 Å². The zero-order valence-electron chi connectivity index (χ0n) is 15.5. The lowest BCUT2D eigenvalue weighted by molar-refractivity contribution is -0.123. The molecule has 0 bridgehead atoms. The highest BCUT2D eigenvalue weighted by molar-refractivity contribution is 7.14. The molecule has 0 aliphatic rings. The highest BCUT2D eigenvalue weighted by Gasteiger charge is 2.19. The minimum absolute atomic E-state index is 0.127. The third-order valence-corrected chi connectivity index (χ3v) is 5.64. The van der Waals surface area contributed by atoms with Crippen LogP contribution in [0.2, 0.25) is 0 Å². The highest BCUT2D eigenvalue weighted by atomic mass is 32.1. The first-order valence-electron chi connectivity index (χ1n) is 8.64. The fourth-order valence-corrected chi connectivity index (χ4v) is 3.90. The van der Waals surface area contributed by atoms with Crippen molar-refractivity contribution in [2.24, 2.45) is 0 Å². The van der Waals surface area contributed by atoms with E-state index < -0.39 is 6.04 Å². The predicted octanol–water partition coefficient (Wildman–Crippen LogP) is 3.00. The first-order chi connectivity index (χ1) is 13.0. The summed E-state index contributed by atoms with van der Waals surface area (Å²) in [7, 11) is 3.18. The van der Waals surface area contributed by atoms with E-state index in [0.717, 1.165) is 10.3 Å². The molecule has 0 aliphatic carbocycles. The van der Waals surface area contributed by atoms with Crippen molar-refractivity contribution in [3.8, 4) is 11.5 Å². The molecule has 1 aromatic heterocycles. The van der Waals surface area contributed by atoms with Crippen LogP contribution in [-0.4, -0.2) is 30.6 Å². The number of aromatic nitrogens is 1. The minimum atomic E-state index is -0.555. The van der Waals surface area contributed by atoms with E-state index in [9.17, 15) is 9.59 Å². The van der Waals surface area contributed by atoms with E-state index in [1.165, 1.54) is 15.5 Å². The second-order valence-corrected chi connectivity index (χ2v) is 7.14. The SMILES string of the molecule is COc1ccc(CCNC(=O)[C@H](C)n2sc3ccccc3c2=O)cc1OC. The van der Waals surface area contributed by atoms with E-state index in [-0.39, 0.29) is 11.5 Å². The summed E-state index contributed by atoms with van der Waals surface area (Å²) in [6.07, 6.45) is 0.653. The second-order valence-electron chi connectivity index (χ2n) is 6.12. The Hall–Kier alpha value is -2.80. The number of benzene rings is 2. The van der Waals surface area contributed by atoms with Crippen LogP contribution in [0.4, 0.5) is 0 Å². The summed E-state index contributed by atoms with van der Waals surface area (Å²) in [4.78, 5) is 24.9. The molecule has 0 saturated carbocycles. The Morgan fingerprint density at radius 3 is 2.59 bits per heavy atom. The average molecular weight is 386 g/mol. The number of nitrogens with one attached hydrogen (secondary N) is 1. The molecule has 1 amide bonds. The fourth-order valence-electron chi connectivity index (χ4n) is 2.86. The lowest BCUT2D eigenvalue weighted by Gasteiger charge is -2.13. The Morgan fingerprint density at radius 1 is 1.15 bits per heavy atom. The van der Waals surface area contributed by atoms with Crippen LogP contribution in [0, 0.1) is 0 Å². The predicted molar refractivity (Wildman–Crippen MR) is 107 cm³/mol. The van der Waals surface area contributed by atoms with Gasteiger partial charge in [-0.2, -0.15) is 0 Å². The molecule has 27 heavy (non-hydrogen) atoms. The molecule has 0 radical (unpaired) electrons. The van der Waals surface area contributed by atoms with Crippen molar-refractivity contribution >= 4 is 27.5 Å². The zero-order valence-corrected chi connectivity index (χ0v) is 16.3. The van der Waals surface area contributed by atoms with Gasteiger partial charge in [-0.05, 0) is 43.2 Å². The summed E-state index contributed by atoms with van der Waals surface area (Å²) in [6.45, 7) is 2.21. The summed E-state index contributed by atoms with van der Waals surface area (Å²) >= 11 is 1.31. The van der Waals surface area contributed by atoms with Gasteiger partial charge in [0.1, 0.15) is 6.04 Å². The van der Waals surface area contributed by atoms with Crippen LogP contribution >= 0.6 is 11.5 Å². The van der Waals surface area contributed by atoms with Gasteiger partial charge in [-0.1, -0.05) is 29.7 Å². The maximum absolute atomic E-state index is 12.5. The van der Waals surface area contributed by atoms with Crippen LogP contribution in [0.25, 0.3) is 10.1 Å². The Bertz CT molecular complexity index is 1010. The summed E-state index contributed by atoms with van der Waals surface area (Å²) in [6, 6.07) is 12.5. The standard InChI is InChI=1S/C20H22N2O4S/c1-13(22-20(24)15-6-4-5-7-18(15)27-22)19(23)21-11-10-14-8-9-16(25-2)17(12-14)26-3/h4-9,12-13H,10-11H2,1-3H3,(H,21,23)/t13-/m0/s1. The first-order valence-corrected chi connectivity index (χ1v) is 9.41. The monoisotopic (exact) mass is 386 g/mol. The lowest BCUT2D eigenvalue weighted by Crippen LogP contribution is -2.34. The van der Waals surface area contributed by atoms with E-state index in [4.69, 9.17) is 9.47 Å². The fraction of sp³-hybridized carbons (Fsp3) is 0.300. The van der Waals surface area contributed by atoms with Crippen molar-refractivity contribution in [2.45, 2.75) is 19.4 Å². The number of rotatable bonds is 7. The van der Waals surface area contributed by atoms with Crippen molar-refractivity contribution in [3.05, 3.63) is 58.4 Å². The molecule has 0 unspecified atom stereocenters. The molecule has 3 aromatic rings. The molecule has 3 rings (SSSR count). The van der Waals surface area contributed by atoms with Gasteiger partial charge in [0.25, 0.3) is 5.56 Å². The van der Waals surface area contributed by atoms with Crippen LogP contribution in [0.5, 0.6) is 11.5 Å². The Labute approximate surface area is 161 Å². The van der Waals surface area contributed by atoms with Crippen LogP contribution in [0.3, 0.4) is 0 Å². The molecule has 1 heterocycles. The Kier molecular flexibility index (Phi) is 5.81. The van der Waals surface area contributed by atoms with E-state index >= 15 is 0 Å². The van der Waals surface area contributed by atoms with Crippen molar-refractivity contribution in [1.29, 1.82) is 0 Å². The number of carbonyl (C=O) groups is 1. The van der Waals surface area contributed by atoms with Gasteiger partial charge >= 0.3 is 0 Å². The van der Waals surface area contributed by atoms with Crippen molar-refractivity contribution in [3.63, 3.8) is 0 Å². The van der Waals surface area contributed by atoms with Gasteiger partial charge in [-0.3, -0.25) is 13.5 Å². The average Bonchev–Trinajstić information content (AvgIpc) is 3.04. The zero-order chi connectivity index (χ0) is 19.4. The summed E-state index contributed by atoms with van der Waals surface area (Å²) < 4.78 is 12.9. The molecule has 0 aliphatic heterocycles. The summed E-state index contributed by atoms with van der Waals surface area (Å²) in [5.74, 6) is 1.15. The number of ether oxygens (including phenoxy) is 2. The van der Waals surface area contributed by atoms with Gasteiger partial charge in [0, 0.05) is 6.54 Å². The van der Waals surface area contributed by atoms with Crippen LogP contribution in [0.15, 0.2) is 47.3 Å². The molecular formula is C20H22N2O4S. The van der Waals surface area contributed by atoms with Crippen LogP contribution in [0.1, 0.15) is 18.5 Å². The molecule has 7 heteroatoms. The van der Waals surface area contributed by atoms with E-state index in [0.29, 0.717) is 29.9 Å². The summed E-state index contributed by atoms with van der Waals surface area (Å²) in [5.41, 5.74) is 0.901. The van der Waals surface area contributed by atoms with Crippen molar-refractivity contribution in [1.82, 2.24) is 9.27 Å². The number of amides is 1. The number of hydrogen-bond acceptors (Lipinski definition) is 5. The van der Waals surface area contributed by atoms with Gasteiger partial charge < -0.3 is 14.8 Å². The largest absolute Gasteiger partial charge is 0.493 e. The summed E-state index contributed by atoms with van der Waals surface area (Å²) in [5, 5.41) is 3.55. The van der Waals surface area contributed by atoms with Crippen LogP contribution in [-0.2, 0) is 11.2 Å². The quantitative estimate of drug-likeness (QED) is 0.678. The Morgan fingerprint density at radius 2 is 1.89 bits per heavy atom. The molecule has 1 N–H and O–H groups in total. The molecule has 142 valence electrons. The van der Waals surface area contributed by atoms with Gasteiger partial charge in [0.05, 0.1) is 24.3 Å². The molecular weight excluding hydrogens is 364 g/mol. The third-order valence-electron chi connectivity index (χ3n) is 4.41. The van der Waals surface area contributed by atoms with E-state index in [2.05, 4.69) is 5.32 Å². The van der Waals surface area contributed by atoms with Crippen LogP contribution < -0.4 is 20.3 Å². The molecule has 0 saturated heterocycles. The lowest BCUT2D eigenvalue weighted by atomic mass is 10.1. The minimum Gasteiger partial charge on any atom is -0.493 e. The molecule has 0 spiro atoms. The first kappa shape index (κ1) is 19.0. The maximum atomic E-state index is 12.5. The highest BCUT2D eigenvalue weighted by Crippen LogP contribution is 2.27. The number of methoxy groups -OCH3 is 2. The molecule has 1 atom stereocenters. The molecule has 6 nitrogen and oxygen atoms in total. The normalized spacial score (nSPS) is 12.0. The van der Waals surface area contributed by atoms with E-state index in [1.807, 2.05) is 36.4 Å². The van der Waals surface area contributed by atoms with Crippen molar-refractivity contribution in [2.75, 3.05) is 20.8 Å². The number of carbonyl (C=O) groups excluding carboxylic acids is 1.